The molecule has 104 valence electrons. The Morgan fingerprint density at radius 2 is 2.00 bits per heavy atom. The predicted octanol–water partition coefficient (Wildman–Crippen LogP) is 1.06. The minimum absolute atomic E-state index is 0.144. The van der Waals surface area contributed by atoms with Gasteiger partial charge in [0.05, 0.1) is 0 Å². The van der Waals surface area contributed by atoms with Crippen LogP contribution in [0, 0.1) is 0 Å². The van der Waals surface area contributed by atoms with E-state index in [1.165, 1.54) is 0 Å². The Balaban J connectivity index is 2.21. The number of ether oxygens (including phenoxy) is 2. The van der Waals surface area contributed by atoms with Crippen molar-refractivity contribution in [2.45, 2.75) is 19.4 Å². The summed E-state index contributed by atoms with van der Waals surface area (Å²) in [6.45, 7) is 1.79. The summed E-state index contributed by atoms with van der Waals surface area (Å²) in [4.78, 5) is 22.6. The van der Waals surface area contributed by atoms with E-state index in [1.54, 1.807) is 30.3 Å². The third kappa shape index (κ3) is 6.42. The summed E-state index contributed by atoms with van der Waals surface area (Å²) in [7, 11) is 0. The molecule has 1 amide bonds. The SMILES string of the molecule is CCC(N)COC(=O)CNC(=O)Oc1ccccc1. The zero-order chi connectivity index (χ0) is 14.1. The van der Waals surface area contributed by atoms with Crippen molar-refractivity contribution in [2.24, 2.45) is 5.73 Å². The van der Waals surface area contributed by atoms with Gasteiger partial charge in [-0.3, -0.25) is 4.79 Å². The van der Waals surface area contributed by atoms with Crippen LogP contribution in [0.3, 0.4) is 0 Å². The van der Waals surface area contributed by atoms with Crippen molar-refractivity contribution in [3.63, 3.8) is 0 Å². The van der Waals surface area contributed by atoms with Crippen LogP contribution in [0.25, 0.3) is 0 Å². The van der Waals surface area contributed by atoms with Gasteiger partial charge in [0, 0.05) is 6.04 Å². The smallest absolute Gasteiger partial charge is 0.413 e. The topological polar surface area (TPSA) is 90.6 Å². The van der Waals surface area contributed by atoms with Crippen LogP contribution < -0.4 is 15.8 Å². The molecule has 0 aliphatic carbocycles. The van der Waals surface area contributed by atoms with Gasteiger partial charge in [0.15, 0.2) is 0 Å². The highest BCUT2D eigenvalue weighted by molar-refractivity contribution is 5.78. The Hall–Kier alpha value is -2.08. The summed E-state index contributed by atoms with van der Waals surface area (Å²) in [6.07, 6.45) is 0.0134. The van der Waals surface area contributed by atoms with Gasteiger partial charge in [0.2, 0.25) is 0 Å². The number of para-hydroxylation sites is 1. The first kappa shape index (κ1) is 15.0. The van der Waals surface area contributed by atoms with Crippen molar-refractivity contribution in [1.82, 2.24) is 5.32 Å². The fraction of sp³-hybridized carbons (Fsp3) is 0.385. The van der Waals surface area contributed by atoms with Crippen molar-refractivity contribution in [3.05, 3.63) is 30.3 Å². The third-order valence-corrected chi connectivity index (χ3v) is 2.31. The van der Waals surface area contributed by atoms with Crippen molar-refractivity contribution in [2.75, 3.05) is 13.2 Å². The molecule has 1 rings (SSSR count). The van der Waals surface area contributed by atoms with Crippen LogP contribution in [-0.4, -0.2) is 31.3 Å². The molecule has 0 fully saturated rings. The van der Waals surface area contributed by atoms with Gasteiger partial charge in [0.25, 0.3) is 0 Å². The summed E-state index contributed by atoms with van der Waals surface area (Å²) in [5.74, 6) is -0.143. The normalized spacial score (nSPS) is 11.5. The zero-order valence-corrected chi connectivity index (χ0v) is 10.8. The molecule has 0 saturated carbocycles. The molecule has 0 aliphatic rings. The fourth-order valence-corrected chi connectivity index (χ4v) is 1.14. The standard InChI is InChI=1S/C13H18N2O4/c1-2-10(14)9-18-12(16)8-15-13(17)19-11-6-4-3-5-7-11/h3-7,10H,2,8-9,14H2,1H3,(H,15,17). The van der Waals surface area contributed by atoms with Crippen LogP contribution in [0.15, 0.2) is 30.3 Å². The Labute approximate surface area is 111 Å². The maximum absolute atomic E-state index is 11.3. The molecule has 1 aromatic rings. The van der Waals surface area contributed by atoms with Crippen LogP contribution in [-0.2, 0) is 9.53 Å². The van der Waals surface area contributed by atoms with Crippen molar-refractivity contribution >= 4 is 12.1 Å². The van der Waals surface area contributed by atoms with Crippen molar-refractivity contribution < 1.29 is 19.1 Å². The molecule has 6 heteroatoms. The first-order chi connectivity index (χ1) is 9.11. The second-order valence-corrected chi connectivity index (χ2v) is 3.91. The molecule has 3 N–H and O–H groups in total. The molecule has 0 bridgehead atoms. The average Bonchev–Trinajstić information content (AvgIpc) is 2.43. The molecule has 0 radical (unpaired) electrons. The van der Waals surface area contributed by atoms with E-state index in [1.807, 2.05) is 6.92 Å². The number of carbonyl (C=O) groups is 2. The molecule has 0 saturated heterocycles. The largest absolute Gasteiger partial charge is 0.463 e. The molecular weight excluding hydrogens is 248 g/mol. The van der Waals surface area contributed by atoms with Crippen LogP contribution in [0.1, 0.15) is 13.3 Å². The lowest BCUT2D eigenvalue weighted by molar-refractivity contribution is -0.142. The quantitative estimate of drug-likeness (QED) is 0.751. The summed E-state index contributed by atoms with van der Waals surface area (Å²) >= 11 is 0. The number of hydrogen-bond donors (Lipinski definition) is 2. The molecule has 19 heavy (non-hydrogen) atoms. The van der Waals surface area contributed by atoms with E-state index < -0.39 is 12.1 Å². The number of esters is 1. The number of rotatable bonds is 6. The maximum Gasteiger partial charge on any atom is 0.413 e. The number of nitrogens with two attached hydrogens (primary N) is 1. The molecule has 1 aromatic carbocycles. The first-order valence-corrected chi connectivity index (χ1v) is 6.03. The number of nitrogens with one attached hydrogen (secondary N) is 1. The van der Waals surface area contributed by atoms with Gasteiger partial charge in [0.1, 0.15) is 18.9 Å². The number of benzene rings is 1. The van der Waals surface area contributed by atoms with Gasteiger partial charge in [-0.05, 0) is 18.6 Å². The Morgan fingerprint density at radius 1 is 1.32 bits per heavy atom. The van der Waals surface area contributed by atoms with E-state index in [2.05, 4.69) is 5.32 Å². The lowest BCUT2D eigenvalue weighted by Gasteiger charge is -2.10. The second kappa shape index (κ2) is 8.10. The highest BCUT2D eigenvalue weighted by atomic mass is 16.6. The predicted molar refractivity (Wildman–Crippen MR) is 69.7 cm³/mol. The van der Waals surface area contributed by atoms with E-state index in [4.69, 9.17) is 15.2 Å². The van der Waals surface area contributed by atoms with E-state index in [9.17, 15) is 9.59 Å². The number of carbonyl (C=O) groups excluding carboxylic acids is 2. The molecular formula is C13H18N2O4. The first-order valence-electron chi connectivity index (χ1n) is 6.03. The minimum Gasteiger partial charge on any atom is -0.463 e. The number of hydrogen-bond acceptors (Lipinski definition) is 5. The van der Waals surface area contributed by atoms with E-state index in [-0.39, 0.29) is 19.2 Å². The van der Waals surface area contributed by atoms with Crippen molar-refractivity contribution in [1.29, 1.82) is 0 Å². The lowest BCUT2D eigenvalue weighted by Crippen LogP contribution is -2.35. The van der Waals surface area contributed by atoms with Gasteiger partial charge < -0.3 is 20.5 Å². The monoisotopic (exact) mass is 266 g/mol. The van der Waals surface area contributed by atoms with Gasteiger partial charge >= 0.3 is 12.1 Å². The van der Waals surface area contributed by atoms with Gasteiger partial charge in [-0.15, -0.1) is 0 Å². The van der Waals surface area contributed by atoms with Crippen LogP contribution >= 0.6 is 0 Å². The van der Waals surface area contributed by atoms with Gasteiger partial charge in [-0.1, -0.05) is 25.1 Å². The maximum atomic E-state index is 11.3. The Kier molecular flexibility index (Phi) is 6.38. The van der Waals surface area contributed by atoms with E-state index in [0.717, 1.165) is 6.42 Å². The Morgan fingerprint density at radius 3 is 2.63 bits per heavy atom. The summed E-state index contributed by atoms with van der Waals surface area (Å²) in [5, 5.41) is 2.30. The van der Waals surface area contributed by atoms with Gasteiger partial charge in [-0.25, -0.2) is 4.79 Å². The zero-order valence-electron chi connectivity index (χ0n) is 10.8. The van der Waals surface area contributed by atoms with Crippen LogP contribution in [0.5, 0.6) is 5.75 Å². The third-order valence-electron chi connectivity index (χ3n) is 2.31. The lowest BCUT2D eigenvalue weighted by atomic mass is 10.3. The summed E-state index contributed by atoms with van der Waals surface area (Å²) in [5.41, 5.74) is 5.59. The van der Waals surface area contributed by atoms with E-state index in [0.29, 0.717) is 5.75 Å². The summed E-state index contributed by atoms with van der Waals surface area (Å²) in [6, 6.07) is 8.38. The van der Waals surface area contributed by atoms with Crippen LogP contribution in [0.4, 0.5) is 4.79 Å². The fourth-order valence-electron chi connectivity index (χ4n) is 1.14. The second-order valence-electron chi connectivity index (χ2n) is 3.91. The highest BCUT2D eigenvalue weighted by Gasteiger charge is 2.09. The highest BCUT2D eigenvalue weighted by Crippen LogP contribution is 2.07. The molecule has 0 spiro atoms. The molecule has 1 unspecified atom stereocenters. The molecule has 6 nitrogen and oxygen atoms in total. The van der Waals surface area contributed by atoms with Crippen LogP contribution in [0.2, 0.25) is 0 Å². The average molecular weight is 266 g/mol. The number of amides is 1. The molecule has 1 atom stereocenters. The summed E-state index contributed by atoms with van der Waals surface area (Å²) < 4.78 is 9.79. The van der Waals surface area contributed by atoms with Crippen molar-refractivity contribution in [3.8, 4) is 5.75 Å². The molecule has 0 aliphatic heterocycles. The molecule has 0 aromatic heterocycles. The van der Waals surface area contributed by atoms with Gasteiger partial charge in [-0.2, -0.15) is 0 Å². The minimum atomic E-state index is -0.706. The Bertz CT molecular complexity index is 408. The van der Waals surface area contributed by atoms with E-state index >= 15 is 0 Å². The molecule has 0 heterocycles.